The topological polar surface area (TPSA) is 89.5 Å². The molecule has 0 fully saturated rings. The maximum Gasteiger partial charge on any atom is 0.282 e. The van der Waals surface area contributed by atoms with Crippen LogP contribution < -0.4 is 15.0 Å². The van der Waals surface area contributed by atoms with Gasteiger partial charge in [0.05, 0.1) is 35.9 Å². The van der Waals surface area contributed by atoms with Crippen LogP contribution in [0.25, 0.3) is 10.9 Å². The average molecular weight is 624 g/mol. The molecule has 0 spiro atoms. The van der Waals surface area contributed by atoms with E-state index in [0.717, 1.165) is 22.9 Å². The monoisotopic (exact) mass is 622 g/mol. The molecule has 0 unspecified atom stereocenters. The molecule has 1 heterocycles. The number of halogens is 2. The van der Waals surface area contributed by atoms with Crippen molar-refractivity contribution in [2.45, 2.75) is 32.8 Å². The zero-order valence-corrected chi connectivity index (χ0v) is 23.5. The summed E-state index contributed by atoms with van der Waals surface area (Å²) < 4.78 is 14.4. The predicted molar refractivity (Wildman–Crippen MR) is 151 cm³/mol. The highest BCUT2D eigenvalue weighted by Crippen LogP contribution is 2.33. The minimum Gasteiger partial charge on any atom is -0.493 e. The number of aryl methyl sites for hydroxylation is 1. The Bertz CT molecular complexity index is 1570. The van der Waals surface area contributed by atoms with Crippen LogP contribution in [0, 0.1) is 11.3 Å². The highest BCUT2D eigenvalue weighted by Gasteiger charge is 2.13. The summed E-state index contributed by atoms with van der Waals surface area (Å²) in [5.74, 6) is 1.62. The van der Waals surface area contributed by atoms with E-state index in [9.17, 15) is 10.1 Å². The molecule has 0 saturated carbocycles. The number of hydrogen-bond acceptors (Lipinski definition) is 6. The molecule has 0 saturated heterocycles. The van der Waals surface area contributed by atoms with Gasteiger partial charge in [0.1, 0.15) is 12.4 Å². The molecular weight excluding hydrogens is 600 g/mol. The van der Waals surface area contributed by atoms with E-state index < -0.39 is 0 Å². The number of nitrogens with zero attached hydrogens (tertiary/aromatic N) is 4. The van der Waals surface area contributed by atoms with E-state index in [-0.39, 0.29) is 12.2 Å². The van der Waals surface area contributed by atoms with Crippen LogP contribution in [0.5, 0.6) is 11.5 Å². The second-order valence-electron chi connectivity index (χ2n) is 8.24. The Labute approximate surface area is 231 Å². The van der Waals surface area contributed by atoms with Gasteiger partial charge < -0.3 is 9.47 Å². The lowest BCUT2D eigenvalue weighted by Gasteiger charge is -2.13. The first-order valence-electron chi connectivity index (χ1n) is 11.7. The molecule has 0 aliphatic heterocycles. The van der Waals surface area contributed by atoms with Crippen LogP contribution in [0.15, 0.2) is 73.4 Å². The molecule has 37 heavy (non-hydrogen) atoms. The van der Waals surface area contributed by atoms with Crippen LogP contribution >= 0.6 is 31.9 Å². The first kappa shape index (κ1) is 26.6. The highest BCUT2D eigenvalue weighted by atomic mass is 79.9. The lowest BCUT2D eigenvalue weighted by Crippen LogP contribution is -2.22. The van der Waals surface area contributed by atoms with Crippen molar-refractivity contribution >= 4 is 49.0 Å². The molecule has 4 aromatic rings. The number of fused-ring (bicyclic) bond motifs is 1. The molecule has 0 bridgehead atoms. The standard InChI is InChI=1S/C28H24Br2N4O3/c1-3-4-9-27-33-24-11-10-21(29)13-22(24)28(35)34(27)32-16-20-12-25(36-2)26(14-23(20)30)37-17-19-8-6-5-7-18(19)15-31/h5-8,10-14,16H,3-4,9,17H2,1-2H3. The average Bonchev–Trinajstić information content (AvgIpc) is 2.91. The highest BCUT2D eigenvalue weighted by molar-refractivity contribution is 9.10. The quantitative estimate of drug-likeness (QED) is 0.196. The molecule has 0 radical (unpaired) electrons. The van der Waals surface area contributed by atoms with Gasteiger partial charge >= 0.3 is 0 Å². The summed E-state index contributed by atoms with van der Waals surface area (Å²) >= 11 is 7.01. The molecule has 3 aromatic carbocycles. The van der Waals surface area contributed by atoms with Gasteiger partial charge in [-0.25, -0.2) is 4.98 Å². The Balaban J connectivity index is 1.68. The van der Waals surface area contributed by atoms with Crippen LogP contribution in [0.2, 0.25) is 0 Å². The van der Waals surface area contributed by atoms with E-state index in [4.69, 9.17) is 14.5 Å². The number of benzene rings is 3. The Morgan fingerprint density at radius 2 is 1.95 bits per heavy atom. The van der Waals surface area contributed by atoms with Crippen molar-refractivity contribution in [3.05, 3.63) is 96.4 Å². The van der Waals surface area contributed by atoms with E-state index in [1.807, 2.05) is 30.3 Å². The van der Waals surface area contributed by atoms with Crippen molar-refractivity contribution in [2.75, 3.05) is 7.11 Å². The summed E-state index contributed by atoms with van der Waals surface area (Å²) in [6.07, 6.45) is 4.10. The van der Waals surface area contributed by atoms with Gasteiger partial charge in [0, 0.05) is 26.5 Å². The molecule has 0 aliphatic rings. The molecule has 188 valence electrons. The summed E-state index contributed by atoms with van der Waals surface area (Å²) in [4.78, 5) is 18.0. The second-order valence-corrected chi connectivity index (χ2v) is 10.0. The molecule has 4 rings (SSSR count). The van der Waals surface area contributed by atoms with E-state index >= 15 is 0 Å². The fraction of sp³-hybridized carbons (Fsp3) is 0.214. The van der Waals surface area contributed by atoms with Crippen molar-refractivity contribution in [1.29, 1.82) is 5.26 Å². The normalized spacial score (nSPS) is 11.1. The lowest BCUT2D eigenvalue weighted by atomic mass is 10.1. The SMILES string of the molecule is CCCCc1nc2ccc(Br)cc2c(=O)n1N=Cc1cc(OC)c(OCc2ccccc2C#N)cc1Br. The van der Waals surface area contributed by atoms with Crippen LogP contribution in [0.3, 0.4) is 0 Å². The summed E-state index contributed by atoms with van der Waals surface area (Å²) in [6, 6.07) is 18.5. The predicted octanol–water partition coefficient (Wildman–Crippen LogP) is 6.61. The van der Waals surface area contributed by atoms with E-state index in [1.165, 1.54) is 4.68 Å². The molecule has 9 heteroatoms. The fourth-order valence-corrected chi connectivity index (χ4v) is 4.55. The van der Waals surface area contributed by atoms with Crippen molar-refractivity contribution in [3.63, 3.8) is 0 Å². The van der Waals surface area contributed by atoms with E-state index in [0.29, 0.717) is 50.2 Å². The van der Waals surface area contributed by atoms with Crippen molar-refractivity contribution < 1.29 is 9.47 Å². The number of nitriles is 1. The van der Waals surface area contributed by atoms with E-state index in [2.05, 4.69) is 50.0 Å². The number of hydrogen-bond donors (Lipinski definition) is 0. The number of ether oxygens (including phenoxy) is 2. The number of methoxy groups -OCH3 is 1. The Kier molecular flexibility index (Phi) is 8.74. The number of rotatable bonds is 9. The molecular formula is C28H24Br2N4O3. The summed E-state index contributed by atoms with van der Waals surface area (Å²) in [7, 11) is 1.55. The third kappa shape index (κ3) is 6.09. The van der Waals surface area contributed by atoms with E-state index in [1.54, 1.807) is 37.6 Å². The smallest absolute Gasteiger partial charge is 0.282 e. The van der Waals surface area contributed by atoms with Crippen molar-refractivity contribution in [1.82, 2.24) is 9.66 Å². The second kappa shape index (κ2) is 12.2. The third-order valence-electron chi connectivity index (χ3n) is 5.75. The maximum absolute atomic E-state index is 13.3. The van der Waals surface area contributed by atoms with Crippen LogP contribution in [0.4, 0.5) is 0 Å². The zero-order valence-electron chi connectivity index (χ0n) is 20.4. The van der Waals surface area contributed by atoms with Crippen LogP contribution in [-0.2, 0) is 13.0 Å². The Hall–Kier alpha value is -3.48. The molecule has 0 N–H and O–H groups in total. The first-order valence-corrected chi connectivity index (χ1v) is 13.3. The van der Waals surface area contributed by atoms with Gasteiger partial charge in [0.25, 0.3) is 5.56 Å². The summed E-state index contributed by atoms with van der Waals surface area (Å²) in [6.45, 7) is 2.31. The summed E-state index contributed by atoms with van der Waals surface area (Å²) in [5.41, 5.74) is 2.46. The minimum atomic E-state index is -0.229. The number of aromatic nitrogens is 2. The number of unbranched alkanes of at least 4 members (excludes halogenated alkanes) is 1. The first-order chi connectivity index (χ1) is 17.9. The minimum absolute atomic E-state index is 0.217. The van der Waals surface area contributed by atoms with Gasteiger partial charge in [-0.05, 0) is 58.7 Å². The van der Waals surface area contributed by atoms with Gasteiger partial charge in [-0.2, -0.15) is 15.0 Å². The molecule has 0 aliphatic carbocycles. The fourth-order valence-electron chi connectivity index (χ4n) is 3.76. The van der Waals surface area contributed by atoms with Gasteiger partial charge in [-0.3, -0.25) is 4.79 Å². The van der Waals surface area contributed by atoms with Crippen LogP contribution in [-0.4, -0.2) is 23.0 Å². The third-order valence-corrected chi connectivity index (χ3v) is 6.93. The zero-order chi connectivity index (χ0) is 26.4. The van der Waals surface area contributed by atoms with Gasteiger partial charge in [0.15, 0.2) is 11.5 Å². The largest absolute Gasteiger partial charge is 0.493 e. The molecule has 7 nitrogen and oxygen atoms in total. The molecule has 0 atom stereocenters. The lowest BCUT2D eigenvalue weighted by molar-refractivity contribution is 0.284. The van der Waals surface area contributed by atoms with Gasteiger partial charge in [-0.15, -0.1) is 0 Å². The molecule has 1 aromatic heterocycles. The Morgan fingerprint density at radius 3 is 2.70 bits per heavy atom. The maximum atomic E-state index is 13.3. The van der Waals surface area contributed by atoms with Gasteiger partial charge in [-0.1, -0.05) is 47.5 Å². The Morgan fingerprint density at radius 1 is 1.14 bits per heavy atom. The van der Waals surface area contributed by atoms with Crippen molar-refractivity contribution in [2.24, 2.45) is 5.10 Å². The summed E-state index contributed by atoms with van der Waals surface area (Å²) in [5, 5.41) is 14.3. The van der Waals surface area contributed by atoms with Crippen molar-refractivity contribution in [3.8, 4) is 17.6 Å². The molecule has 0 amide bonds. The van der Waals surface area contributed by atoms with Gasteiger partial charge in [0.2, 0.25) is 0 Å². The van der Waals surface area contributed by atoms with Crippen LogP contribution in [0.1, 0.15) is 42.3 Å².